The number of aromatic nitrogens is 1. The summed E-state index contributed by atoms with van der Waals surface area (Å²) >= 11 is 5.64. The van der Waals surface area contributed by atoms with Gasteiger partial charge in [0.15, 0.2) is 6.61 Å². The van der Waals surface area contributed by atoms with Crippen LogP contribution in [0, 0.1) is 12.7 Å². The molecule has 0 saturated heterocycles. The highest BCUT2D eigenvalue weighted by atomic mass is 35.5. The van der Waals surface area contributed by atoms with Crippen molar-refractivity contribution in [2.75, 3.05) is 11.9 Å². The van der Waals surface area contributed by atoms with E-state index in [0.717, 1.165) is 5.56 Å². The third-order valence-electron chi connectivity index (χ3n) is 2.60. The molecule has 0 saturated carbocycles. The van der Waals surface area contributed by atoms with Gasteiger partial charge in [0.25, 0.3) is 5.91 Å². The molecule has 7 heteroatoms. The standard InChI is InChI=1S/C14H12ClFN2O3/c1-8-2-3-11(10(16)4-8)18-13(19)7-21-14(20)12-5-9(15)6-17-12/h2-6,17H,7H2,1H3,(H,18,19). The second-order valence-electron chi connectivity index (χ2n) is 4.34. The van der Waals surface area contributed by atoms with Gasteiger partial charge in [-0.25, -0.2) is 9.18 Å². The Kier molecular flexibility index (Phi) is 4.59. The molecule has 0 spiro atoms. The molecule has 1 aromatic carbocycles. The molecule has 1 aromatic heterocycles. The summed E-state index contributed by atoms with van der Waals surface area (Å²) in [5.41, 5.74) is 0.902. The summed E-state index contributed by atoms with van der Waals surface area (Å²) in [5.74, 6) is -1.91. The van der Waals surface area contributed by atoms with Crippen LogP contribution in [0.15, 0.2) is 30.5 Å². The highest BCUT2D eigenvalue weighted by Gasteiger charge is 2.13. The number of nitrogens with one attached hydrogen (secondary N) is 2. The fourth-order valence-electron chi connectivity index (χ4n) is 1.60. The minimum atomic E-state index is -0.721. The Hall–Kier alpha value is -2.34. The number of carbonyl (C=O) groups is 2. The summed E-state index contributed by atoms with van der Waals surface area (Å²) in [5, 5.41) is 2.68. The van der Waals surface area contributed by atoms with Crippen LogP contribution in [0.2, 0.25) is 5.02 Å². The van der Waals surface area contributed by atoms with Crippen molar-refractivity contribution in [1.29, 1.82) is 0 Å². The van der Waals surface area contributed by atoms with Crippen molar-refractivity contribution in [2.24, 2.45) is 0 Å². The molecular formula is C14H12ClFN2O3. The summed E-state index contributed by atoms with van der Waals surface area (Å²) in [6.45, 7) is 1.21. The number of rotatable bonds is 4. The third-order valence-corrected chi connectivity index (χ3v) is 2.82. The molecule has 21 heavy (non-hydrogen) atoms. The van der Waals surface area contributed by atoms with Gasteiger partial charge in [-0.1, -0.05) is 17.7 Å². The Morgan fingerprint density at radius 2 is 2.14 bits per heavy atom. The van der Waals surface area contributed by atoms with Gasteiger partial charge in [0.2, 0.25) is 0 Å². The van der Waals surface area contributed by atoms with Crippen molar-refractivity contribution in [1.82, 2.24) is 4.98 Å². The number of halogens is 2. The summed E-state index contributed by atoms with van der Waals surface area (Å²) in [7, 11) is 0. The average molecular weight is 311 g/mol. The first kappa shape index (κ1) is 15.1. The van der Waals surface area contributed by atoms with Crippen molar-refractivity contribution in [3.05, 3.63) is 52.6 Å². The van der Waals surface area contributed by atoms with E-state index in [1.54, 1.807) is 13.0 Å². The van der Waals surface area contributed by atoms with E-state index in [1.165, 1.54) is 24.4 Å². The quantitative estimate of drug-likeness (QED) is 0.853. The molecule has 0 aliphatic carbocycles. The van der Waals surface area contributed by atoms with Crippen LogP contribution < -0.4 is 5.32 Å². The van der Waals surface area contributed by atoms with Gasteiger partial charge in [0.05, 0.1) is 10.7 Å². The summed E-state index contributed by atoms with van der Waals surface area (Å²) in [6, 6.07) is 5.77. The predicted molar refractivity (Wildman–Crippen MR) is 75.9 cm³/mol. The molecule has 1 heterocycles. The number of ether oxygens (including phenoxy) is 1. The Balaban J connectivity index is 1.89. The number of aryl methyl sites for hydroxylation is 1. The maximum absolute atomic E-state index is 13.5. The monoisotopic (exact) mass is 310 g/mol. The largest absolute Gasteiger partial charge is 0.451 e. The van der Waals surface area contributed by atoms with Gasteiger partial charge in [0, 0.05) is 6.20 Å². The summed E-state index contributed by atoms with van der Waals surface area (Å²) in [6.07, 6.45) is 1.42. The average Bonchev–Trinajstić information content (AvgIpc) is 2.86. The predicted octanol–water partition coefficient (Wildman–Crippen LogP) is 2.91. The molecule has 0 aliphatic rings. The molecule has 110 valence electrons. The molecule has 0 bridgehead atoms. The number of hydrogen-bond acceptors (Lipinski definition) is 3. The van der Waals surface area contributed by atoms with Gasteiger partial charge >= 0.3 is 5.97 Å². The van der Waals surface area contributed by atoms with E-state index in [4.69, 9.17) is 16.3 Å². The molecule has 2 rings (SSSR count). The summed E-state index contributed by atoms with van der Waals surface area (Å²) in [4.78, 5) is 25.8. The maximum atomic E-state index is 13.5. The number of aromatic amines is 1. The molecule has 0 unspecified atom stereocenters. The Morgan fingerprint density at radius 3 is 2.76 bits per heavy atom. The van der Waals surface area contributed by atoms with Crippen molar-refractivity contribution < 1.29 is 18.7 Å². The first-order valence-electron chi connectivity index (χ1n) is 6.03. The lowest BCUT2D eigenvalue weighted by molar-refractivity contribution is -0.119. The molecule has 0 fully saturated rings. The van der Waals surface area contributed by atoms with Gasteiger partial charge in [-0.05, 0) is 30.7 Å². The van der Waals surface area contributed by atoms with Crippen molar-refractivity contribution in [3.8, 4) is 0 Å². The number of benzene rings is 1. The molecule has 0 aliphatic heterocycles. The molecule has 5 nitrogen and oxygen atoms in total. The molecule has 2 aromatic rings. The van der Waals surface area contributed by atoms with Gasteiger partial charge in [-0.15, -0.1) is 0 Å². The highest BCUT2D eigenvalue weighted by Crippen LogP contribution is 2.15. The normalized spacial score (nSPS) is 10.2. The second-order valence-corrected chi connectivity index (χ2v) is 4.78. The lowest BCUT2D eigenvalue weighted by Crippen LogP contribution is -2.21. The van der Waals surface area contributed by atoms with Gasteiger partial charge in [-0.3, -0.25) is 4.79 Å². The van der Waals surface area contributed by atoms with E-state index < -0.39 is 24.3 Å². The zero-order valence-corrected chi connectivity index (χ0v) is 11.8. The van der Waals surface area contributed by atoms with E-state index in [0.29, 0.717) is 5.02 Å². The first-order valence-corrected chi connectivity index (χ1v) is 6.40. The van der Waals surface area contributed by atoms with Crippen LogP contribution in [0.25, 0.3) is 0 Å². The van der Waals surface area contributed by atoms with E-state index >= 15 is 0 Å². The van der Waals surface area contributed by atoms with E-state index in [2.05, 4.69) is 10.3 Å². The van der Waals surface area contributed by atoms with Crippen LogP contribution in [-0.2, 0) is 9.53 Å². The number of amides is 1. The lowest BCUT2D eigenvalue weighted by atomic mass is 10.2. The van der Waals surface area contributed by atoms with Gasteiger partial charge in [-0.2, -0.15) is 0 Å². The van der Waals surface area contributed by atoms with E-state index in [9.17, 15) is 14.0 Å². The highest BCUT2D eigenvalue weighted by molar-refractivity contribution is 6.30. The van der Waals surface area contributed by atoms with Crippen molar-refractivity contribution in [3.63, 3.8) is 0 Å². The number of hydrogen-bond donors (Lipinski definition) is 2. The fraction of sp³-hybridized carbons (Fsp3) is 0.143. The third kappa shape index (κ3) is 4.06. The van der Waals surface area contributed by atoms with Gasteiger partial charge in [0.1, 0.15) is 11.5 Å². The number of anilines is 1. The molecule has 2 N–H and O–H groups in total. The Morgan fingerprint density at radius 1 is 1.38 bits per heavy atom. The zero-order chi connectivity index (χ0) is 15.4. The number of carbonyl (C=O) groups excluding carboxylic acids is 2. The van der Waals surface area contributed by atoms with E-state index in [1.807, 2.05) is 0 Å². The number of H-pyrrole nitrogens is 1. The number of esters is 1. The van der Waals surface area contributed by atoms with E-state index in [-0.39, 0.29) is 11.4 Å². The topological polar surface area (TPSA) is 71.2 Å². The van der Waals surface area contributed by atoms with Crippen LogP contribution in [0.5, 0.6) is 0 Å². The Labute approximate surface area is 125 Å². The smallest absolute Gasteiger partial charge is 0.355 e. The van der Waals surface area contributed by atoms with Crippen molar-refractivity contribution >= 4 is 29.2 Å². The minimum absolute atomic E-state index is 0.0320. The molecule has 1 amide bonds. The van der Waals surface area contributed by atoms with Crippen LogP contribution in [-0.4, -0.2) is 23.5 Å². The second kappa shape index (κ2) is 6.41. The van der Waals surface area contributed by atoms with Crippen LogP contribution in [0.1, 0.15) is 16.1 Å². The fourth-order valence-corrected chi connectivity index (χ4v) is 1.77. The molecular weight excluding hydrogens is 299 g/mol. The zero-order valence-electron chi connectivity index (χ0n) is 11.1. The lowest BCUT2D eigenvalue weighted by Gasteiger charge is -2.07. The first-order chi connectivity index (χ1) is 9.95. The Bertz CT molecular complexity index is 685. The maximum Gasteiger partial charge on any atom is 0.355 e. The molecule has 0 atom stereocenters. The van der Waals surface area contributed by atoms with Crippen LogP contribution >= 0.6 is 11.6 Å². The van der Waals surface area contributed by atoms with Gasteiger partial charge < -0.3 is 15.0 Å². The molecule has 0 radical (unpaired) electrons. The SMILES string of the molecule is Cc1ccc(NC(=O)COC(=O)c2cc(Cl)c[nH]2)c(F)c1. The van der Waals surface area contributed by atoms with Crippen molar-refractivity contribution in [2.45, 2.75) is 6.92 Å². The van der Waals surface area contributed by atoms with Crippen LogP contribution in [0.3, 0.4) is 0 Å². The minimum Gasteiger partial charge on any atom is -0.451 e. The van der Waals surface area contributed by atoms with Crippen LogP contribution in [0.4, 0.5) is 10.1 Å². The summed E-state index contributed by atoms with van der Waals surface area (Å²) < 4.78 is 18.3.